The fraction of sp³-hybridized carbons (Fsp3) is 0.357. The van der Waals surface area contributed by atoms with E-state index in [1.165, 1.54) is 0 Å². The molecule has 114 valence electrons. The lowest BCUT2D eigenvalue weighted by Gasteiger charge is -2.18. The van der Waals surface area contributed by atoms with Crippen LogP contribution in [0.5, 0.6) is 0 Å². The van der Waals surface area contributed by atoms with Gasteiger partial charge in [-0.05, 0) is 13.8 Å². The summed E-state index contributed by atoms with van der Waals surface area (Å²) in [5, 5.41) is 1.85. The average Bonchev–Trinajstić information content (AvgIpc) is 2.97. The Balaban J connectivity index is 2.26. The van der Waals surface area contributed by atoms with Crippen LogP contribution in [0.25, 0.3) is 11.3 Å². The van der Waals surface area contributed by atoms with E-state index in [0.717, 1.165) is 16.9 Å². The molecule has 7 heteroatoms. The number of alkyl halides is 1. The molecule has 0 amide bonds. The molecule has 0 N–H and O–H groups in total. The molecule has 0 radical (unpaired) electrons. The maximum atomic E-state index is 14.5. The van der Waals surface area contributed by atoms with E-state index >= 15 is 0 Å². The lowest BCUT2D eigenvalue weighted by atomic mass is 10.2. The van der Waals surface area contributed by atoms with E-state index in [9.17, 15) is 8.96 Å². The van der Waals surface area contributed by atoms with Crippen LogP contribution in [-0.4, -0.2) is 18.2 Å². The summed E-state index contributed by atoms with van der Waals surface area (Å²) >= 11 is 1.11. The van der Waals surface area contributed by atoms with Gasteiger partial charge in [0.1, 0.15) is 5.01 Å². The van der Waals surface area contributed by atoms with Gasteiger partial charge in [-0.3, -0.25) is 4.57 Å². The molecule has 0 saturated carbocycles. The van der Waals surface area contributed by atoms with Gasteiger partial charge >= 0.3 is 7.60 Å². The van der Waals surface area contributed by atoms with E-state index in [1.54, 1.807) is 19.2 Å². The van der Waals surface area contributed by atoms with Crippen LogP contribution in [0.3, 0.4) is 0 Å². The van der Waals surface area contributed by atoms with Crippen molar-refractivity contribution in [2.75, 3.05) is 13.2 Å². The summed E-state index contributed by atoms with van der Waals surface area (Å²) < 4.78 is 37.0. The minimum atomic E-state index is -3.83. The Morgan fingerprint density at radius 2 is 1.86 bits per heavy atom. The maximum Gasteiger partial charge on any atom is 0.371 e. The Kier molecular flexibility index (Phi) is 5.65. The highest BCUT2D eigenvalue weighted by Gasteiger charge is 2.39. The number of benzene rings is 1. The molecule has 0 bridgehead atoms. The third kappa shape index (κ3) is 3.77. The van der Waals surface area contributed by atoms with Gasteiger partial charge in [-0.15, -0.1) is 11.3 Å². The van der Waals surface area contributed by atoms with E-state index < -0.39 is 13.5 Å². The SMILES string of the molecule is CCOP(=O)(OCC)C(F)c1nc(-c2ccccc2)cs1. The molecule has 1 aromatic carbocycles. The third-order valence-electron chi connectivity index (χ3n) is 2.69. The molecule has 0 spiro atoms. The number of hydrogen-bond acceptors (Lipinski definition) is 5. The highest BCUT2D eigenvalue weighted by Crippen LogP contribution is 2.62. The third-order valence-corrected chi connectivity index (χ3v) is 5.78. The van der Waals surface area contributed by atoms with Gasteiger partial charge in [0.25, 0.3) is 5.91 Å². The summed E-state index contributed by atoms with van der Waals surface area (Å²) in [4.78, 5) is 4.22. The molecule has 2 rings (SSSR count). The minimum Gasteiger partial charge on any atom is -0.307 e. The average molecular weight is 329 g/mol. The van der Waals surface area contributed by atoms with Crippen LogP contribution in [0, 0.1) is 0 Å². The summed E-state index contributed by atoms with van der Waals surface area (Å²) in [5.41, 5.74) is 1.53. The predicted molar refractivity (Wildman–Crippen MR) is 82.3 cm³/mol. The first-order valence-corrected chi connectivity index (χ1v) is 9.13. The summed E-state index contributed by atoms with van der Waals surface area (Å²) in [6, 6.07) is 9.43. The van der Waals surface area contributed by atoms with Crippen LogP contribution in [-0.2, 0) is 13.6 Å². The van der Waals surface area contributed by atoms with Gasteiger partial charge in [-0.2, -0.15) is 0 Å². The maximum absolute atomic E-state index is 14.5. The number of thiazole rings is 1. The molecule has 0 aliphatic rings. The van der Waals surface area contributed by atoms with E-state index in [0.29, 0.717) is 5.69 Å². The quantitative estimate of drug-likeness (QED) is 0.667. The second-order valence-corrected chi connectivity index (χ2v) is 7.09. The van der Waals surface area contributed by atoms with Crippen LogP contribution >= 0.6 is 18.9 Å². The Hall–Kier alpha value is -1.07. The molecule has 21 heavy (non-hydrogen) atoms. The van der Waals surface area contributed by atoms with Gasteiger partial charge in [0, 0.05) is 10.9 Å². The van der Waals surface area contributed by atoms with Crippen LogP contribution < -0.4 is 0 Å². The van der Waals surface area contributed by atoms with Gasteiger partial charge in [0.15, 0.2) is 0 Å². The predicted octanol–water partition coefficient (Wildman–Crippen LogP) is 5.04. The smallest absolute Gasteiger partial charge is 0.307 e. The van der Waals surface area contributed by atoms with Gasteiger partial charge in [0.05, 0.1) is 18.9 Å². The fourth-order valence-corrected chi connectivity index (χ4v) is 4.44. The number of hydrogen-bond donors (Lipinski definition) is 0. The minimum absolute atomic E-state index is 0.110. The number of halogens is 1. The second kappa shape index (κ2) is 7.27. The standard InChI is InChI=1S/C14H17FNO3PS/c1-3-18-20(17,19-4-2)13(15)14-16-12(10-21-14)11-8-6-5-7-9-11/h5-10,13H,3-4H2,1-2H3. The number of rotatable bonds is 7. The molecule has 0 saturated heterocycles. The van der Waals surface area contributed by atoms with Crippen molar-refractivity contribution in [3.8, 4) is 11.3 Å². The molecule has 4 nitrogen and oxygen atoms in total. The van der Waals surface area contributed by atoms with Gasteiger partial charge in [-0.1, -0.05) is 30.3 Å². The highest BCUT2D eigenvalue weighted by molar-refractivity contribution is 7.54. The van der Waals surface area contributed by atoms with E-state index in [1.807, 2.05) is 30.3 Å². The van der Waals surface area contributed by atoms with Crippen molar-refractivity contribution in [2.24, 2.45) is 0 Å². The lowest BCUT2D eigenvalue weighted by Crippen LogP contribution is -2.02. The zero-order valence-electron chi connectivity index (χ0n) is 11.9. The highest BCUT2D eigenvalue weighted by atomic mass is 32.1. The molecular weight excluding hydrogens is 312 g/mol. The van der Waals surface area contributed by atoms with E-state index in [-0.39, 0.29) is 18.2 Å². The Labute approximate surface area is 127 Å². The van der Waals surface area contributed by atoms with Gasteiger partial charge in [-0.25, -0.2) is 9.37 Å². The van der Waals surface area contributed by atoms with Crippen molar-refractivity contribution < 1.29 is 18.0 Å². The van der Waals surface area contributed by atoms with Crippen LogP contribution in [0.4, 0.5) is 4.39 Å². The van der Waals surface area contributed by atoms with Crippen molar-refractivity contribution >= 4 is 18.9 Å². The zero-order valence-corrected chi connectivity index (χ0v) is 13.6. The van der Waals surface area contributed by atoms with Crippen molar-refractivity contribution in [1.82, 2.24) is 4.98 Å². The van der Waals surface area contributed by atoms with Crippen molar-refractivity contribution in [1.29, 1.82) is 0 Å². The molecule has 1 unspecified atom stereocenters. The Bertz CT molecular complexity index is 610. The Morgan fingerprint density at radius 1 is 1.24 bits per heavy atom. The molecular formula is C14H17FNO3PS. The number of nitrogens with zero attached hydrogens (tertiary/aromatic N) is 1. The first kappa shape index (κ1) is 16.3. The van der Waals surface area contributed by atoms with E-state index in [2.05, 4.69) is 4.98 Å². The monoisotopic (exact) mass is 329 g/mol. The summed E-state index contributed by atoms with van der Waals surface area (Å²) in [6.07, 6.45) is 0. The van der Waals surface area contributed by atoms with E-state index in [4.69, 9.17) is 9.05 Å². The summed E-state index contributed by atoms with van der Waals surface area (Å²) in [5.74, 6) is -1.86. The molecule has 1 atom stereocenters. The molecule has 2 aromatic rings. The van der Waals surface area contributed by atoms with Crippen LogP contribution in [0.2, 0.25) is 0 Å². The first-order chi connectivity index (χ1) is 10.1. The molecule has 0 fully saturated rings. The van der Waals surface area contributed by atoms with Gasteiger partial charge in [0.2, 0.25) is 0 Å². The normalized spacial score (nSPS) is 13.3. The molecule has 1 heterocycles. The van der Waals surface area contributed by atoms with Crippen LogP contribution in [0.1, 0.15) is 24.8 Å². The molecule has 0 aliphatic heterocycles. The lowest BCUT2D eigenvalue weighted by molar-refractivity contribution is 0.190. The van der Waals surface area contributed by atoms with Crippen molar-refractivity contribution in [2.45, 2.75) is 19.8 Å². The van der Waals surface area contributed by atoms with Crippen molar-refractivity contribution in [3.05, 3.63) is 40.7 Å². The second-order valence-electron chi connectivity index (χ2n) is 4.15. The van der Waals surface area contributed by atoms with Crippen molar-refractivity contribution in [3.63, 3.8) is 0 Å². The largest absolute Gasteiger partial charge is 0.371 e. The topological polar surface area (TPSA) is 48.4 Å². The number of aromatic nitrogens is 1. The Morgan fingerprint density at radius 3 is 2.43 bits per heavy atom. The summed E-state index contributed by atoms with van der Waals surface area (Å²) in [7, 11) is -3.83. The zero-order chi connectivity index (χ0) is 15.3. The molecule has 1 aromatic heterocycles. The van der Waals surface area contributed by atoms with Crippen LogP contribution in [0.15, 0.2) is 35.7 Å². The fourth-order valence-electron chi connectivity index (χ4n) is 1.80. The van der Waals surface area contributed by atoms with Gasteiger partial charge < -0.3 is 9.05 Å². The first-order valence-electron chi connectivity index (χ1n) is 6.64. The summed E-state index contributed by atoms with van der Waals surface area (Å²) in [6.45, 7) is 3.54. The molecule has 0 aliphatic carbocycles.